The minimum atomic E-state index is -0.899. The van der Waals surface area contributed by atoms with E-state index in [0.717, 1.165) is 5.56 Å². The number of nitrogens with one attached hydrogen (secondary N) is 1. The third-order valence-corrected chi connectivity index (χ3v) is 3.49. The Morgan fingerprint density at radius 3 is 2.54 bits per heavy atom. The quantitative estimate of drug-likeness (QED) is 0.646. The Hall–Kier alpha value is -2.28. The van der Waals surface area contributed by atoms with E-state index in [2.05, 4.69) is 5.32 Å². The van der Waals surface area contributed by atoms with Crippen LogP contribution in [0.25, 0.3) is 0 Å². The van der Waals surface area contributed by atoms with Gasteiger partial charge < -0.3 is 20.5 Å². The molecule has 0 spiro atoms. The normalized spacial score (nSPS) is 11.5. The fraction of sp³-hybridized carbons (Fsp3) is 0.438. The topological polar surface area (TPSA) is 108 Å². The first kappa shape index (κ1) is 19.8. The lowest BCUT2D eigenvalue weighted by Crippen LogP contribution is -2.45. The van der Waals surface area contributed by atoms with E-state index in [4.69, 9.17) is 26.8 Å². The van der Waals surface area contributed by atoms with Crippen molar-refractivity contribution in [1.82, 2.24) is 5.32 Å². The summed E-state index contributed by atoms with van der Waals surface area (Å²) in [6, 6.07) is 4.13. The predicted octanol–water partition coefficient (Wildman–Crippen LogP) is 1.20. The Labute approximate surface area is 145 Å². The van der Waals surface area contributed by atoms with Crippen LogP contribution in [0, 0.1) is 0 Å². The first-order valence-electron chi connectivity index (χ1n) is 7.44. The highest BCUT2D eigenvalue weighted by Crippen LogP contribution is 2.25. The average Bonchev–Trinajstić information content (AvgIpc) is 2.52. The van der Waals surface area contributed by atoms with E-state index in [-0.39, 0.29) is 25.9 Å². The first-order chi connectivity index (χ1) is 11.4. The first-order valence-corrected chi connectivity index (χ1v) is 7.81. The van der Waals surface area contributed by atoms with E-state index < -0.39 is 23.8 Å². The van der Waals surface area contributed by atoms with Crippen LogP contribution in [0.4, 0.5) is 0 Å². The third kappa shape index (κ3) is 6.45. The highest BCUT2D eigenvalue weighted by molar-refractivity contribution is 6.32. The number of benzene rings is 1. The molecule has 0 saturated carbocycles. The molecule has 7 nitrogen and oxygen atoms in total. The molecule has 0 saturated heterocycles. The van der Waals surface area contributed by atoms with Gasteiger partial charge in [0.05, 0.1) is 25.2 Å². The number of rotatable bonds is 9. The Morgan fingerprint density at radius 1 is 1.29 bits per heavy atom. The summed E-state index contributed by atoms with van der Waals surface area (Å²) in [5, 5.41) is 2.91. The second kappa shape index (κ2) is 9.77. The van der Waals surface area contributed by atoms with Crippen molar-refractivity contribution in [3.8, 4) is 5.75 Å². The van der Waals surface area contributed by atoms with Crippen LogP contribution in [0.15, 0.2) is 18.2 Å². The van der Waals surface area contributed by atoms with Crippen molar-refractivity contribution in [1.29, 1.82) is 0 Å². The lowest BCUT2D eigenvalue weighted by Gasteiger charge is -2.16. The molecule has 0 aliphatic carbocycles. The van der Waals surface area contributed by atoms with Gasteiger partial charge in [-0.05, 0) is 24.6 Å². The number of carbonyl (C=O) groups is 3. The van der Waals surface area contributed by atoms with Crippen molar-refractivity contribution in [2.75, 3.05) is 13.7 Å². The zero-order valence-electron chi connectivity index (χ0n) is 13.6. The Morgan fingerprint density at radius 2 is 2.00 bits per heavy atom. The molecule has 8 heteroatoms. The molecule has 0 bridgehead atoms. The number of amides is 2. The minimum absolute atomic E-state index is 0.0560. The van der Waals surface area contributed by atoms with Crippen LogP contribution >= 0.6 is 11.6 Å². The van der Waals surface area contributed by atoms with Gasteiger partial charge in [0.25, 0.3) is 0 Å². The largest absolute Gasteiger partial charge is 0.495 e. The SMILES string of the molecule is CCOC(=O)CCC(=O)N[C@H](Cc1ccc(OC)c(Cl)c1)C(N)=O. The Balaban J connectivity index is 2.64. The molecule has 0 aliphatic heterocycles. The molecule has 1 aromatic rings. The number of ether oxygens (including phenoxy) is 2. The molecule has 2 amide bonds. The molecule has 1 atom stereocenters. The summed E-state index contributed by atoms with van der Waals surface area (Å²) in [5.74, 6) is -1.09. The summed E-state index contributed by atoms with van der Waals surface area (Å²) in [4.78, 5) is 34.6. The van der Waals surface area contributed by atoms with Gasteiger partial charge in [0.2, 0.25) is 11.8 Å². The van der Waals surface area contributed by atoms with Crippen molar-refractivity contribution in [3.63, 3.8) is 0 Å². The summed E-state index contributed by atoms with van der Waals surface area (Å²) >= 11 is 6.03. The maximum atomic E-state index is 11.9. The van der Waals surface area contributed by atoms with Crippen LogP contribution in [-0.4, -0.2) is 37.5 Å². The molecular formula is C16H21ClN2O5. The lowest BCUT2D eigenvalue weighted by molar-refractivity contribution is -0.144. The second-order valence-electron chi connectivity index (χ2n) is 5.00. The maximum absolute atomic E-state index is 11.9. The van der Waals surface area contributed by atoms with Gasteiger partial charge in [-0.2, -0.15) is 0 Å². The van der Waals surface area contributed by atoms with Gasteiger partial charge in [0, 0.05) is 12.8 Å². The number of primary amides is 1. The molecule has 0 radical (unpaired) electrons. The molecular weight excluding hydrogens is 336 g/mol. The number of hydrogen-bond acceptors (Lipinski definition) is 5. The fourth-order valence-corrected chi connectivity index (χ4v) is 2.29. The zero-order valence-corrected chi connectivity index (χ0v) is 14.4. The molecule has 24 heavy (non-hydrogen) atoms. The smallest absolute Gasteiger partial charge is 0.306 e. The fourth-order valence-electron chi connectivity index (χ4n) is 2.01. The van der Waals surface area contributed by atoms with Gasteiger partial charge in [-0.3, -0.25) is 14.4 Å². The highest BCUT2D eigenvalue weighted by Gasteiger charge is 2.19. The van der Waals surface area contributed by atoms with E-state index in [1.54, 1.807) is 25.1 Å². The number of nitrogens with two attached hydrogens (primary N) is 1. The van der Waals surface area contributed by atoms with Gasteiger partial charge in [-0.15, -0.1) is 0 Å². The van der Waals surface area contributed by atoms with Crippen LogP contribution in [0.1, 0.15) is 25.3 Å². The van der Waals surface area contributed by atoms with E-state index in [1.807, 2.05) is 0 Å². The third-order valence-electron chi connectivity index (χ3n) is 3.20. The van der Waals surface area contributed by atoms with E-state index in [0.29, 0.717) is 10.8 Å². The maximum Gasteiger partial charge on any atom is 0.306 e. The van der Waals surface area contributed by atoms with Gasteiger partial charge in [-0.1, -0.05) is 17.7 Å². The Bertz CT molecular complexity index is 606. The van der Waals surface area contributed by atoms with Crippen LogP contribution in [-0.2, 0) is 25.5 Å². The molecule has 1 rings (SSSR count). The molecule has 3 N–H and O–H groups in total. The molecule has 0 aromatic heterocycles. The minimum Gasteiger partial charge on any atom is -0.495 e. The number of esters is 1. The summed E-state index contributed by atoms with van der Waals surface area (Å²) in [5.41, 5.74) is 6.05. The molecule has 0 aliphatic rings. The van der Waals surface area contributed by atoms with Gasteiger partial charge in [-0.25, -0.2) is 0 Å². The molecule has 1 aromatic carbocycles. The standard InChI is InChI=1S/C16H21ClN2O5/c1-3-24-15(21)7-6-14(20)19-12(16(18)22)9-10-4-5-13(23-2)11(17)8-10/h4-5,8,12H,3,6-7,9H2,1-2H3,(H2,18,22)(H,19,20)/t12-/m1/s1. The van der Waals surface area contributed by atoms with Crippen molar-refractivity contribution in [2.45, 2.75) is 32.2 Å². The van der Waals surface area contributed by atoms with Gasteiger partial charge in [0.15, 0.2) is 0 Å². The monoisotopic (exact) mass is 356 g/mol. The van der Waals surface area contributed by atoms with Gasteiger partial charge in [0.1, 0.15) is 11.8 Å². The summed E-state index contributed by atoms with van der Waals surface area (Å²) < 4.78 is 9.79. The van der Waals surface area contributed by atoms with E-state index in [1.165, 1.54) is 7.11 Å². The van der Waals surface area contributed by atoms with Crippen molar-refractivity contribution < 1.29 is 23.9 Å². The van der Waals surface area contributed by atoms with Crippen molar-refractivity contribution >= 4 is 29.4 Å². The summed E-state index contributed by atoms with van der Waals surface area (Å²) in [6.07, 6.45) is 0.0513. The van der Waals surface area contributed by atoms with Gasteiger partial charge >= 0.3 is 5.97 Å². The van der Waals surface area contributed by atoms with E-state index in [9.17, 15) is 14.4 Å². The molecule has 0 heterocycles. The Kier molecular flexibility index (Phi) is 8.05. The predicted molar refractivity (Wildman–Crippen MR) is 88.7 cm³/mol. The van der Waals surface area contributed by atoms with E-state index >= 15 is 0 Å². The molecule has 132 valence electrons. The zero-order chi connectivity index (χ0) is 18.1. The second-order valence-corrected chi connectivity index (χ2v) is 5.41. The van der Waals surface area contributed by atoms with Crippen LogP contribution in [0.5, 0.6) is 5.75 Å². The summed E-state index contributed by atoms with van der Waals surface area (Å²) in [6.45, 7) is 1.93. The summed E-state index contributed by atoms with van der Waals surface area (Å²) in [7, 11) is 1.50. The van der Waals surface area contributed by atoms with Crippen molar-refractivity contribution in [2.24, 2.45) is 5.73 Å². The molecule has 0 fully saturated rings. The number of hydrogen-bond donors (Lipinski definition) is 2. The number of halogens is 1. The van der Waals surface area contributed by atoms with Crippen molar-refractivity contribution in [3.05, 3.63) is 28.8 Å². The lowest BCUT2D eigenvalue weighted by atomic mass is 10.0. The molecule has 0 unspecified atom stereocenters. The number of methoxy groups -OCH3 is 1. The van der Waals surface area contributed by atoms with Crippen LogP contribution < -0.4 is 15.8 Å². The van der Waals surface area contributed by atoms with Crippen LogP contribution in [0.3, 0.4) is 0 Å². The number of carbonyl (C=O) groups excluding carboxylic acids is 3. The van der Waals surface area contributed by atoms with Crippen LogP contribution in [0.2, 0.25) is 5.02 Å². The highest BCUT2D eigenvalue weighted by atomic mass is 35.5. The average molecular weight is 357 g/mol.